The number of methoxy groups -OCH3 is 2. The van der Waals surface area contributed by atoms with Crippen LogP contribution >= 0.6 is 11.6 Å². The van der Waals surface area contributed by atoms with Crippen LogP contribution in [-0.4, -0.2) is 27.9 Å². The zero-order chi connectivity index (χ0) is 18.4. The second-order valence-corrected chi connectivity index (χ2v) is 6.94. The van der Waals surface area contributed by atoms with Gasteiger partial charge in [0, 0.05) is 11.8 Å². The number of anilines is 1. The summed E-state index contributed by atoms with van der Waals surface area (Å²) in [5, 5.41) is -0.615. The maximum Gasteiger partial charge on any atom is 0.262 e. The molecular weight excluding hydrogens is 366 g/mol. The Morgan fingerprint density at radius 1 is 1.08 bits per heavy atom. The molecule has 0 heterocycles. The van der Waals surface area contributed by atoms with Crippen molar-refractivity contribution in [2.45, 2.75) is 4.90 Å². The summed E-state index contributed by atoms with van der Waals surface area (Å²) in [5.74, 6) is 0.738. The predicted molar refractivity (Wildman–Crippen MR) is 96.7 cm³/mol. The summed E-state index contributed by atoms with van der Waals surface area (Å²) in [5.41, 5.74) is 0.973. The molecule has 0 atom stereocenters. The van der Waals surface area contributed by atoms with Crippen LogP contribution < -0.4 is 14.2 Å². The standard InChI is InChI=1S/C17H16ClNO5S/c1-23-15-8-7-14(11-16(15)24-2)25(21,22)19-13-5-3-4-12(10-13)6-9-17(18)20/h3-11,19H,1-2H3/b9-6+. The van der Waals surface area contributed by atoms with Gasteiger partial charge >= 0.3 is 0 Å². The lowest BCUT2D eigenvalue weighted by atomic mass is 10.2. The normalized spacial score (nSPS) is 11.3. The molecule has 2 rings (SSSR count). The maximum atomic E-state index is 12.5. The Hall–Kier alpha value is -2.51. The van der Waals surface area contributed by atoms with Crippen molar-refractivity contribution in [2.75, 3.05) is 18.9 Å². The molecule has 2 aromatic rings. The van der Waals surface area contributed by atoms with Gasteiger partial charge in [-0.3, -0.25) is 9.52 Å². The maximum absolute atomic E-state index is 12.5. The summed E-state index contributed by atoms with van der Waals surface area (Å²) in [7, 11) is -0.928. The molecule has 0 saturated carbocycles. The molecule has 132 valence electrons. The number of rotatable bonds is 7. The smallest absolute Gasteiger partial charge is 0.262 e. The number of carbonyl (C=O) groups excluding carboxylic acids is 1. The van der Waals surface area contributed by atoms with E-state index in [2.05, 4.69) is 4.72 Å². The number of hydrogen-bond acceptors (Lipinski definition) is 5. The Bertz CT molecular complexity index is 909. The van der Waals surface area contributed by atoms with Crippen LogP contribution in [0.25, 0.3) is 6.08 Å². The van der Waals surface area contributed by atoms with Crippen LogP contribution in [-0.2, 0) is 14.8 Å². The van der Waals surface area contributed by atoms with Gasteiger partial charge in [0.05, 0.1) is 19.1 Å². The van der Waals surface area contributed by atoms with E-state index < -0.39 is 15.3 Å². The van der Waals surface area contributed by atoms with Crippen molar-refractivity contribution in [3.63, 3.8) is 0 Å². The van der Waals surface area contributed by atoms with E-state index >= 15 is 0 Å². The van der Waals surface area contributed by atoms with Crippen molar-refractivity contribution in [1.82, 2.24) is 0 Å². The van der Waals surface area contributed by atoms with E-state index in [4.69, 9.17) is 21.1 Å². The van der Waals surface area contributed by atoms with E-state index in [1.54, 1.807) is 24.3 Å². The van der Waals surface area contributed by atoms with E-state index in [-0.39, 0.29) is 4.90 Å². The molecule has 0 spiro atoms. The minimum atomic E-state index is -3.82. The van der Waals surface area contributed by atoms with Crippen LogP contribution in [0.2, 0.25) is 0 Å². The average Bonchev–Trinajstić information content (AvgIpc) is 2.59. The quantitative estimate of drug-likeness (QED) is 0.588. The molecule has 0 aromatic heterocycles. The van der Waals surface area contributed by atoms with Gasteiger partial charge in [0.2, 0.25) is 5.24 Å². The number of allylic oxidation sites excluding steroid dienone is 1. The third-order valence-corrected chi connectivity index (χ3v) is 4.72. The number of hydrogen-bond donors (Lipinski definition) is 1. The largest absolute Gasteiger partial charge is 0.493 e. The van der Waals surface area contributed by atoms with Crippen LogP contribution in [0.1, 0.15) is 5.56 Å². The van der Waals surface area contributed by atoms with Gasteiger partial charge in [0.1, 0.15) is 0 Å². The molecule has 1 N–H and O–H groups in total. The first kappa shape index (κ1) is 18.8. The molecule has 0 aliphatic heterocycles. The van der Waals surface area contributed by atoms with Crippen LogP contribution in [0, 0.1) is 0 Å². The molecule has 0 saturated heterocycles. The second kappa shape index (κ2) is 8.04. The highest BCUT2D eigenvalue weighted by Gasteiger charge is 2.17. The summed E-state index contributed by atoms with van der Waals surface area (Å²) >= 11 is 5.25. The minimum Gasteiger partial charge on any atom is -0.493 e. The van der Waals surface area contributed by atoms with Gasteiger partial charge in [-0.25, -0.2) is 8.42 Å². The van der Waals surface area contributed by atoms with Gasteiger partial charge in [-0.05, 0) is 47.5 Å². The summed E-state index contributed by atoms with van der Waals surface area (Å²) in [4.78, 5) is 10.8. The lowest BCUT2D eigenvalue weighted by molar-refractivity contribution is -0.107. The number of nitrogens with one attached hydrogen (secondary N) is 1. The van der Waals surface area contributed by atoms with Gasteiger partial charge in [-0.2, -0.15) is 0 Å². The summed E-state index contributed by atoms with van der Waals surface area (Å²) in [6.07, 6.45) is 2.67. The molecule has 0 fully saturated rings. The molecule has 6 nitrogen and oxygen atoms in total. The second-order valence-electron chi connectivity index (χ2n) is 4.89. The van der Waals surface area contributed by atoms with Gasteiger partial charge in [0.25, 0.3) is 10.0 Å². The molecule has 0 unspecified atom stereocenters. The Morgan fingerprint density at radius 2 is 1.80 bits per heavy atom. The van der Waals surface area contributed by atoms with Crippen LogP contribution in [0.4, 0.5) is 5.69 Å². The molecule has 0 bridgehead atoms. The molecule has 25 heavy (non-hydrogen) atoms. The van der Waals surface area contributed by atoms with Crippen LogP contribution in [0.3, 0.4) is 0 Å². The molecule has 8 heteroatoms. The van der Waals surface area contributed by atoms with Crippen molar-refractivity contribution in [3.8, 4) is 11.5 Å². The molecule has 0 amide bonds. The van der Waals surface area contributed by atoms with Crippen molar-refractivity contribution in [3.05, 3.63) is 54.1 Å². The SMILES string of the molecule is COc1ccc(S(=O)(=O)Nc2cccc(/C=C/C(=O)Cl)c2)cc1OC. The highest BCUT2D eigenvalue weighted by molar-refractivity contribution is 7.92. The third-order valence-electron chi connectivity index (χ3n) is 3.21. The summed E-state index contributed by atoms with van der Waals surface area (Å²) in [6, 6.07) is 10.8. The van der Waals surface area contributed by atoms with Crippen molar-refractivity contribution < 1.29 is 22.7 Å². The van der Waals surface area contributed by atoms with Gasteiger partial charge in [-0.1, -0.05) is 18.2 Å². The highest BCUT2D eigenvalue weighted by atomic mass is 35.5. The highest BCUT2D eigenvalue weighted by Crippen LogP contribution is 2.30. The Labute approximate surface area is 151 Å². The van der Waals surface area contributed by atoms with E-state index in [1.807, 2.05) is 0 Å². The molecule has 0 radical (unpaired) electrons. The van der Waals surface area contributed by atoms with Crippen molar-refractivity contribution in [2.24, 2.45) is 0 Å². The van der Waals surface area contributed by atoms with E-state index in [1.165, 1.54) is 44.6 Å². The number of halogens is 1. The third kappa shape index (κ3) is 4.98. The summed E-state index contributed by atoms with van der Waals surface area (Å²) in [6.45, 7) is 0. The lowest BCUT2D eigenvalue weighted by Gasteiger charge is -2.12. The van der Waals surface area contributed by atoms with E-state index in [0.717, 1.165) is 0 Å². The van der Waals surface area contributed by atoms with Gasteiger partial charge < -0.3 is 9.47 Å². The van der Waals surface area contributed by atoms with Crippen LogP contribution in [0.15, 0.2) is 53.4 Å². The van der Waals surface area contributed by atoms with Crippen molar-refractivity contribution >= 4 is 38.6 Å². The number of sulfonamides is 1. The fourth-order valence-electron chi connectivity index (χ4n) is 2.07. The molecular formula is C17H16ClNO5S. The minimum absolute atomic E-state index is 0.0297. The fraction of sp³-hybridized carbons (Fsp3) is 0.118. The van der Waals surface area contributed by atoms with E-state index in [9.17, 15) is 13.2 Å². The fourth-order valence-corrected chi connectivity index (χ4v) is 3.19. The number of benzene rings is 2. The molecule has 2 aromatic carbocycles. The van der Waals surface area contributed by atoms with Crippen LogP contribution in [0.5, 0.6) is 11.5 Å². The lowest BCUT2D eigenvalue weighted by Crippen LogP contribution is -2.13. The number of ether oxygens (including phenoxy) is 2. The van der Waals surface area contributed by atoms with Gasteiger partial charge in [0.15, 0.2) is 11.5 Å². The Balaban J connectivity index is 2.30. The number of carbonyl (C=O) groups is 1. The molecule has 0 aliphatic rings. The first-order valence-corrected chi connectivity index (χ1v) is 8.94. The predicted octanol–water partition coefficient (Wildman–Crippen LogP) is 3.28. The monoisotopic (exact) mass is 381 g/mol. The Morgan fingerprint density at radius 3 is 2.44 bits per heavy atom. The van der Waals surface area contributed by atoms with E-state index in [0.29, 0.717) is 22.7 Å². The average molecular weight is 382 g/mol. The van der Waals surface area contributed by atoms with Crippen molar-refractivity contribution in [1.29, 1.82) is 0 Å². The van der Waals surface area contributed by atoms with Gasteiger partial charge in [-0.15, -0.1) is 0 Å². The molecule has 0 aliphatic carbocycles. The zero-order valence-corrected chi connectivity index (χ0v) is 15.1. The summed E-state index contributed by atoms with van der Waals surface area (Å²) < 4.78 is 37.8. The first-order valence-electron chi connectivity index (χ1n) is 7.08. The topological polar surface area (TPSA) is 81.7 Å². The zero-order valence-electron chi connectivity index (χ0n) is 13.5. The first-order chi connectivity index (χ1) is 11.9. The Kier molecular flexibility index (Phi) is 6.06.